The van der Waals surface area contributed by atoms with Gasteiger partial charge in [-0.1, -0.05) is 34.8 Å². The largest absolute Gasteiger partial charge is 0.319 e. The van der Waals surface area contributed by atoms with Gasteiger partial charge in [0, 0.05) is 19.0 Å². The average molecular weight is 523 g/mol. The first-order valence-electron chi connectivity index (χ1n) is 9.97. The van der Waals surface area contributed by atoms with Gasteiger partial charge in [-0.05, 0) is 19.3 Å². The van der Waals surface area contributed by atoms with Gasteiger partial charge < -0.3 is 5.32 Å². The Hall–Kier alpha value is -1.66. The third-order valence-corrected chi connectivity index (χ3v) is 8.19. The van der Waals surface area contributed by atoms with Gasteiger partial charge >= 0.3 is 0 Å². The van der Waals surface area contributed by atoms with E-state index in [-0.39, 0.29) is 30.6 Å². The van der Waals surface area contributed by atoms with E-state index in [0.29, 0.717) is 27.2 Å². The SMILES string of the molecule is CS(=O)(=O)N1CC[C@@H](n2cc(Nc3ncc4c(Cl)c(Cl)c(C5CC5)n4n3)c(Cl)n2)[C@H](F)C1. The fourth-order valence-corrected chi connectivity index (χ4v) is 5.57. The molecule has 2 fully saturated rings. The molecule has 0 spiro atoms. The summed E-state index contributed by atoms with van der Waals surface area (Å²) in [5.41, 5.74) is 1.88. The van der Waals surface area contributed by atoms with Crippen molar-refractivity contribution in [3.05, 3.63) is 33.3 Å². The lowest BCUT2D eigenvalue weighted by molar-refractivity contribution is 0.129. The van der Waals surface area contributed by atoms with Crippen LogP contribution < -0.4 is 5.32 Å². The number of hydrogen-bond acceptors (Lipinski definition) is 6. The highest BCUT2D eigenvalue weighted by Crippen LogP contribution is 2.47. The average Bonchev–Trinajstić information content (AvgIpc) is 3.45. The molecule has 1 saturated heterocycles. The molecule has 3 aromatic rings. The molecular formula is C18H19Cl3FN7O2S. The van der Waals surface area contributed by atoms with Crippen molar-refractivity contribution < 1.29 is 12.8 Å². The van der Waals surface area contributed by atoms with E-state index in [4.69, 9.17) is 34.8 Å². The molecule has 2 aliphatic rings. The minimum Gasteiger partial charge on any atom is -0.319 e. The molecule has 0 unspecified atom stereocenters. The summed E-state index contributed by atoms with van der Waals surface area (Å²) in [4.78, 5) is 4.28. The van der Waals surface area contributed by atoms with Crippen molar-refractivity contribution in [2.45, 2.75) is 37.4 Å². The van der Waals surface area contributed by atoms with Gasteiger partial charge in [0.2, 0.25) is 16.0 Å². The molecule has 0 bridgehead atoms. The summed E-state index contributed by atoms with van der Waals surface area (Å²) in [6.07, 6.45) is 5.13. The summed E-state index contributed by atoms with van der Waals surface area (Å²) < 4.78 is 42.4. The Balaban J connectivity index is 1.39. The standard InChI is InChI=1S/C18H19Cl3FN7O2S/c1-32(30,31)27-5-4-12(10(22)7-27)28-8-11(17(21)25-28)24-18-23-6-13-14(19)15(20)16(9-2-3-9)29(13)26-18/h6,8-10,12H,2-5,7H2,1H3,(H,24,26)/t10-,12-/m1/s1. The molecule has 14 heteroatoms. The first kappa shape index (κ1) is 22.1. The number of hydrogen-bond donors (Lipinski definition) is 1. The third kappa shape index (κ3) is 3.94. The molecule has 2 atom stereocenters. The molecule has 5 rings (SSSR count). The number of aromatic nitrogens is 5. The van der Waals surface area contributed by atoms with Gasteiger partial charge in [-0.3, -0.25) is 4.68 Å². The van der Waals surface area contributed by atoms with E-state index in [0.717, 1.165) is 29.1 Å². The lowest BCUT2D eigenvalue weighted by Crippen LogP contribution is -2.45. The summed E-state index contributed by atoms with van der Waals surface area (Å²) >= 11 is 19.0. The molecule has 0 aromatic carbocycles. The monoisotopic (exact) mass is 521 g/mol. The van der Waals surface area contributed by atoms with E-state index < -0.39 is 22.2 Å². The second kappa shape index (κ2) is 7.98. The van der Waals surface area contributed by atoms with Crippen LogP contribution >= 0.6 is 34.8 Å². The topological polar surface area (TPSA) is 97.4 Å². The van der Waals surface area contributed by atoms with Gasteiger partial charge in [-0.15, -0.1) is 5.10 Å². The number of alkyl halides is 1. The molecule has 1 aliphatic heterocycles. The molecule has 0 amide bonds. The Morgan fingerprint density at radius 3 is 2.56 bits per heavy atom. The highest BCUT2D eigenvalue weighted by atomic mass is 35.5. The van der Waals surface area contributed by atoms with Crippen LogP contribution in [0.25, 0.3) is 5.52 Å². The highest BCUT2D eigenvalue weighted by Gasteiger charge is 2.35. The van der Waals surface area contributed by atoms with Crippen molar-refractivity contribution >= 4 is 62.0 Å². The zero-order valence-corrected chi connectivity index (χ0v) is 19.9. The Labute approximate surface area is 198 Å². The minimum absolute atomic E-state index is 0.123. The first-order chi connectivity index (χ1) is 15.1. The van der Waals surface area contributed by atoms with E-state index in [1.165, 1.54) is 4.68 Å². The predicted octanol–water partition coefficient (Wildman–Crippen LogP) is 4.05. The van der Waals surface area contributed by atoms with Crippen molar-refractivity contribution in [3.8, 4) is 0 Å². The molecular weight excluding hydrogens is 504 g/mol. The highest BCUT2D eigenvalue weighted by molar-refractivity contribution is 7.88. The number of fused-ring (bicyclic) bond motifs is 1. The van der Waals surface area contributed by atoms with Gasteiger partial charge in [0.15, 0.2) is 5.15 Å². The van der Waals surface area contributed by atoms with E-state index in [1.54, 1.807) is 16.9 Å². The Morgan fingerprint density at radius 1 is 1.16 bits per heavy atom. The van der Waals surface area contributed by atoms with Crippen molar-refractivity contribution in [3.63, 3.8) is 0 Å². The maximum absolute atomic E-state index is 14.7. The van der Waals surface area contributed by atoms with Crippen molar-refractivity contribution in [2.75, 3.05) is 24.7 Å². The second-order valence-electron chi connectivity index (χ2n) is 8.10. The van der Waals surface area contributed by atoms with Crippen molar-refractivity contribution in [2.24, 2.45) is 0 Å². The third-order valence-electron chi connectivity index (χ3n) is 5.78. The van der Waals surface area contributed by atoms with Crippen molar-refractivity contribution in [1.82, 2.24) is 28.7 Å². The van der Waals surface area contributed by atoms with E-state index in [2.05, 4.69) is 20.5 Å². The molecule has 3 aromatic heterocycles. The number of anilines is 2. The number of nitrogens with one attached hydrogen (secondary N) is 1. The molecule has 1 aliphatic carbocycles. The quantitative estimate of drug-likeness (QED) is 0.543. The zero-order valence-electron chi connectivity index (χ0n) is 16.8. The summed E-state index contributed by atoms with van der Waals surface area (Å²) in [6.45, 7) is -0.00829. The molecule has 4 heterocycles. The van der Waals surface area contributed by atoms with Crippen LogP contribution in [-0.2, 0) is 10.0 Å². The Kier molecular flexibility index (Phi) is 5.52. The van der Waals surface area contributed by atoms with Crippen molar-refractivity contribution in [1.29, 1.82) is 0 Å². The normalized spacial score (nSPS) is 22.5. The minimum atomic E-state index is -3.45. The van der Waals surface area contributed by atoms with Crippen LogP contribution in [0.1, 0.15) is 36.9 Å². The predicted molar refractivity (Wildman–Crippen MR) is 120 cm³/mol. The summed E-state index contributed by atoms with van der Waals surface area (Å²) in [5.74, 6) is 0.573. The van der Waals surface area contributed by atoms with Gasteiger partial charge in [0.05, 0.1) is 46.1 Å². The lowest BCUT2D eigenvalue weighted by Gasteiger charge is -2.33. The fourth-order valence-electron chi connectivity index (χ4n) is 3.98. The van der Waals surface area contributed by atoms with Crippen LogP contribution in [0.4, 0.5) is 16.0 Å². The molecule has 9 nitrogen and oxygen atoms in total. The van der Waals surface area contributed by atoms with Crippen LogP contribution in [0.15, 0.2) is 12.4 Å². The van der Waals surface area contributed by atoms with Crippen LogP contribution in [0.5, 0.6) is 0 Å². The smallest absolute Gasteiger partial charge is 0.245 e. The van der Waals surface area contributed by atoms with Crippen LogP contribution in [0, 0.1) is 0 Å². The van der Waals surface area contributed by atoms with Gasteiger partial charge in [-0.25, -0.2) is 22.3 Å². The Bertz CT molecular complexity index is 1310. The number of nitrogens with zero attached hydrogens (tertiary/aromatic N) is 6. The number of rotatable bonds is 5. The lowest BCUT2D eigenvalue weighted by atomic mass is 10.1. The maximum atomic E-state index is 14.7. The molecule has 1 saturated carbocycles. The first-order valence-corrected chi connectivity index (χ1v) is 12.9. The molecule has 32 heavy (non-hydrogen) atoms. The van der Waals surface area contributed by atoms with Crippen LogP contribution in [0.2, 0.25) is 15.2 Å². The van der Waals surface area contributed by atoms with Gasteiger partial charge in [0.1, 0.15) is 11.7 Å². The summed E-state index contributed by atoms with van der Waals surface area (Å²) in [6, 6.07) is -0.632. The second-order valence-corrected chi connectivity index (χ2v) is 11.2. The van der Waals surface area contributed by atoms with Gasteiger partial charge in [0.25, 0.3) is 0 Å². The van der Waals surface area contributed by atoms with E-state index in [1.807, 2.05) is 0 Å². The van der Waals surface area contributed by atoms with E-state index in [9.17, 15) is 12.8 Å². The van der Waals surface area contributed by atoms with Gasteiger partial charge in [-0.2, -0.15) is 9.40 Å². The maximum Gasteiger partial charge on any atom is 0.245 e. The zero-order chi connectivity index (χ0) is 22.8. The van der Waals surface area contributed by atoms with Crippen LogP contribution in [-0.4, -0.2) is 62.6 Å². The number of halogens is 4. The summed E-state index contributed by atoms with van der Waals surface area (Å²) in [7, 11) is -3.45. The van der Waals surface area contributed by atoms with E-state index >= 15 is 0 Å². The Morgan fingerprint density at radius 2 is 1.91 bits per heavy atom. The molecule has 1 N–H and O–H groups in total. The van der Waals surface area contributed by atoms with Crippen LogP contribution in [0.3, 0.4) is 0 Å². The fraction of sp³-hybridized carbons (Fsp3) is 0.500. The number of piperidine rings is 1. The summed E-state index contributed by atoms with van der Waals surface area (Å²) in [5, 5.41) is 12.8. The number of sulfonamides is 1. The molecule has 172 valence electrons. The molecule has 0 radical (unpaired) electrons.